The SMILES string of the molecule is Cc1cc(C(=O)N2CCCCC2C)ccc1NC(=O)c1ccc(C(=O)O)cc1F. The number of carboxylic acids is 1. The minimum Gasteiger partial charge on any atom is -0.478 e. The monoisotopic (exact) mass is 398 g/mol. The minimum absolute atomic E-state index is 0.0338. The van der Waals surface area contributed by atoms with Gasteiger partial charge in [-0.05, 0) is 75.1 Å². The number of likely N-dealkylation sites (tertiary alicyclic amines) is 1. The number of anilines is 1. The molecule has 6 nitrogen and oxygen atoms in total. The van der Waals surface area contributed by atoms with E-state index in [1.165, 1.54) is 6.07 Å². The smallest absolute Gasteiger partial charge is 0.335 e. The van der Waals surface area contributed by atoms with E-state index < -0.39 is 17.7 Å². The summed E-state index contributed by atoms with van der Waals surface area (Å²) < 4.78 is 14.1. The maximum atomic E-state index is 14.1. The zero-order chi connectivity index (χ0) is 21.1. The molecule has 0 radical (unpaired) electrons. The van der Waals surface area contributed by atoms with Gasteiger partial charge in [0.2, 0.25) is 0 Å². The summed E-state index contributed by atoms with van der Waals surface area (Å²) in [6.45, 7) is 4.54. The zero-order valence-electron chi connectivity index (χ0n) is 16.4. The van der Waals surface area contributed by atoms with Gasteiger partial charge in [-0.15, -0.1) is 0 Å². The van der Waals surface area contributed by atoms with Crippen LogP contribution in [0.5, 0.6) is 0 Å². The standard InChI is InChI=1S/C22H23FN2O4/c1-13-11-15(21(27)25-10-4-3-5-14(25)2)7-9-19(13)24-20(26)17-8-6-16(22(28)29)12-18(17)23/h6-9,11-12,14H,3-5,10H2,1-2H3,(H,24,26)(H,28,29). The number of aryl methyl sites for hydroxylation is 1. The number of carbonyl (C=O) groups is 3. The number of hydrogen-bond acceptors (Lipinski definition) is 3. The fourth-order valence-corrected chi connectivity index (χ4v) is 3.52. The highest BCUT2D eigenvalue weighted by atomic mass is 19.1. The van der Waals surface area contributed by atoms with Crippen LogP contribution in [0.2, 0.25) is 0 Å². The first-order chi connectivity index (χ1) is 13.8. The van der Waals surface area contributed by atoms with E-state index in [0.717, 1.165) is 37.9 Å². The molecule has 0 aromatic heterocycles. The lowest BCUT2D eigenvalue weighted by molar-refractivity contribution is 0.0634. The third-order valence-corrected chi connectivity index (χ3v) is 5.25. The first-order valence-corrected chi connectivity index (χ1v) is 9.53. The summed E-state index contributed by atoms with van der Waals surface area (Å²) in [5.74, 6) is -2.90. The fourth-order valence-electron chi connectivity index (χ4n) is 3.52. The van der Waals surface area contributed by atoms with Gasteiger partial charge in [-0.25, -0.2) is 9.18 Å². The Morgan fingerprint density at radius 2 is 1.83 bits per heavy atom. The predicted octanol–water partition coefficient (Wildman–Crippen LogP) is 4.10. The number of amides is 2. The Labute approximate surface area is 168 Å². The second-order valence-corrected chi connectivity index (χ2v) is 7.33. The lowest BCUT2D eigenvalue weighted by atomic mass is 10.0. The van der Waals surface area contributed by atoms with Crippen molar-refractivity contribution in [2.75, 3.05) is 11.9 Å². The molecule has 2 amide bonds. The van der Waals surface area contributed by atoms with Crippen molar-refractivity contribution in [3.8, 4) is 0 Å². The molecule has 2 aromatic carbocycles. The number of benzene rings is 2. The van der Waals surface area contributed by atoms with Gasteiger partial charge in [0.25, 0.3) is 11.8 Å². The maximum Gasteiger partial charge on any atom is 0.335 e. The molecule has 1 fully saturated rings. The lowest BCUT2D eigenvalue weighted by Crippen LogP contribution is -2.42. The quantitative estimate of drug-likeness (QED) is 0.812. The van der Waals surface area contributed by atoms with Crippen LogP contribution in [0.3, 0.4) is 0 Å². The topological polar surface area (TPSA) is 86.7 Å². The average molecular weight is 398 g/mol. The highest BCUT2D eigenvalue weighted by Crippen LogP contribution is 2.23. The Kier molecular flexibility index (Phi) is 5.96. The van der Waals surface area contributed by atoms with Gasteiger partial charge in [0, 0.05) is 23.8 Å². The van der Waals surface area contributed by atoms with Crippen molar-refractivity contribution in [1.29, 1.82) is 0 Å². The summed E-state index contributed by atoms with van der Waals surface area (Å²) in [6, 6.07) is 8.31. The van der Waals surface area contributed by atoms with Crippen molar-refractivity contribution in [2.24, 2.45) is 0 Å². The normalized spacial score (nSPS) is 16.4. The Bertz CT molecular complexity index is 973. The van der Waals surface area contributed by atoms with E-state index >= 15 is 0 Å². The number of piperidine rings is 1. The summed E-state index contributed by atoms with van der Waals surface area (Å²) in [4.78, 5) is 38.0. The number of nitrogens with one attached hydrogen (secondary N) is 1. The van der Waals surface area contributed by atoms with Crippen LogP contribution in [-0.2, 0) is 0 Å². The molecule has 3 rings (SSSR count). The van der Waals surface area contributed by atoms with E-state index in [-0.39, 0.29) is 23.1 Å². The third kappa shape index (κ3) is 4.45. The highest BCUT2D eigenvalue weighted by Gasteiger charge is 2.24. The largest absolute Gasteiger partial charge is 0.478 e. The van der Waals surface area contributed by atoms with Crippen molar-refractivity contribution in [2.45, 2.75) is 39.2 Å². The van der Waals surface area contributed by atoms with Crippen LogP contribution in [0.4, 0.5) is 10.1 Å². The number of nitrogens with zero attached hydrogens (tertiary/aromatic N) is 1. The van der Waals surface area contributed by atoms with E-state index in [4.69, 9.17) is 5.11 Å². The Hall–Kier alpha value is -3.22. The van der Waals surface area contributed by atoms with Crippen molar-refractivity contribution in [1.82, 2.24) is 4.90 Å². The molecule has 1 atom stereocenters. The van der Waals surface area contributed by atoms with E-state index in [9.17, 15) is 18.8 Å². The third-order valence-electron chi connectivity index (χ3n) is 5.25. The predicted molar refractivity (Wildman–Crippen MR) is 107 cm³/mol. The molecule has 29 heavy (non-hydrogen) atoms. The molecular weight excluding hydrogens is 375 g/mol. The molecule has 152 valence electrons. The van der Waals surface area contributed by atoms with Crippen LogP contribution < -0.4 is 5.32 Å². The Morgan fingerprint density at radius 1 is 1.10 bits per heavy atom. The summed E-state index contributed by atoms with van der Waals surface area (Å²) in [5, 5.41) is 11.5. The summed E-state index contributed by atoms with van der Waals surface area (Å²) in [5.41, 5.74) is 1.20. The lowest BCUT2D eigenvalue weighted by Gasteiger charge is -2.33. The molecule has 1 saturated heterocycles. The number of hydrogen-bond donors (Lipinski definition) is 2. The number of carboxylic acid groups (broad SMARTS) is 1. The van der Waals surface area contributed by atoms with Gasteiger partial charge in [-0.2, -0.15) is 0 Å². The second-order valence-electron chi connectivity index (χ2n) is 7.33. The molecule has 7 heteroatoms. The summed E-state index contributed by atoms with van der Waals surface area (Å²) >= 11 is 0. The van der Waals surface area contributed by atoms with Crippen molar-refractivity contribution in [3.63, 3.8) is 0 Å². The summed E-state index contributed by atoms with van der Waals surface area (Å²) in [7, 11) is 0. The Morgan fingerprint density at radius 3 is 2.45 bits per heavy atom. The molecular formula is C22H23FN2O4. The highest BCUT2D eigenvalue weighted by molar-refractivity contribution is 6.05. The van der Waals surface area contributed by atoms with Gasteiger partial charge in [0.15, 0.2) is 0 Å². The van der Waals surface area contributed by atoms with Gasteiger partial charge < -0.3 is 15.3 Å². The average Bonchev–Trinajstić information content (AvgIpc) is 2.69. The van der Waals surface area contributed by atoms with Crippen LogP contribution in [0.15, 0.2) is 36.4 Å². The van der Waals surface area contributed by atoms with E-state index in [2.05, 4.69) is 5.32 Å². The van der Waals surface area contributed by atoms with E-state index in [1.807, 2.05) is 11.8 Å². The molecule has 0 saturated carbocycles. The van der Waals surface area contributed by atoms with Crippen molar-refractivity contribution in [3.05, 3.63) is 64.5 Å². The van der Waals surface area contributed by atoms with Crippen LogP contribution in [0, 0.1) is 12.7 Å². The molecule has 0 spiro atoms. The van der Waals surface area contributed by atoms with Gasteiger partial charge in [-0.3, -0.25) is 9.59 Å². The molecule has 1 heterocycles. The molecule has 1 aliphatic rings. The molecule has 1 aliphatic heterocycles. The second kappa shape index (κ2) is 8.43. The summed E-state index contributed by atoms with van der Waals surface area (Å²) in [6.07, 6.45) is 3.11. The first kappa shape index (κ1) is 20.5. The number of halogens is 1. The van der Waals surface area contributed by atoms with Gasteiger partial charge in [0.1, 0.15) is 5.82 Å². The minimum atomic E-state index is -1.27. The molecule has 2 aromatic rings. The van der Waals surface area contributed by atoms with E-state index in [0.29, 0.717) is 16.8 Å². The first-order valence-electron chi connectivity index (χ1n) is 9.53. The molecule has 1 unspecified atom stereocenters. The fraction of sp³-hybridized carbons (Fsp3) is 0.318. The van der Waals surface area contributed by atoms with Crippen molar-refractivity contribution < 1.29 is 23.9 Å². The maximum absolute atomic E-state index is 14.1. The molecule has 0 bridgehead atoms. The van der Waals surface area contributed by atoms with Gasteiger partial charge in [-0.1, -0.05) is 0 Å². The van der Waals surface area contributed by atoms with Gasteiger partial charge in [0.05, 0.1) is 11.1 Å². The number of carbonyl (C=O) groups excluding carboxylic acids is 2. The zero-order valence-corrected chi connectivity index (χ0v) is 16.4. The molecule has 2 N–H and O–H groups in total. The number of rotatable bonds is 4. The Balaban J connectivity index is 1.76. The molecule has 0 aliphatic carbocycles. The van der Waals surface area contributed by atoms with Crippen LogP contribution in [0.1, 0.15) is 62.8 Å². The van der Waals surface area contributed by atoms with E-state index in [1.54, 1.807) is 25.1 Å². The number of aromatic carboxylic acids is 1. The van der Waals surface area contributed by atoms with Crippen LogP contribution in [-0.4, -0.2) is 40.4 Å². The van der Waals surface area contributed by atoms with Crippen LogP contribution >= 0.6 is 0 Å². The van der Waals surface area contributed by atoms with Crippen molar-refractivity contribution >= 4 is 23.5 Å². The van der Waals surface area contributed by atoms with Crippen LogP contribution in [0.25, 0.3) is 0 Å². The van der Waals surface area contributed by atoms with Gasteiger partial charge >= 0.3 is 5.97 Å².